The molecule has 0 fully saturated rings. The third-order valence-electron chi connectivity index (χ3n) is 2.95. The van der Waals surface area contributed by atoms with Crippen LogP contribution in [-0.2, 0) is 13.1 Å². The van der Waals surface area contributed by atoms with Crippen molar-refractivity contribution in [3.63, 3.8) is 0 Å². The lowest BCUT2D eigenvalue weighted by molar-refractivity contribution is 0.583. The lowest BCUT2D eigenvalue weighted by atomic mass is 10.2. The number of nitrogens with zero attached hydrogens (tertiary/aromatic N) is 2. The molecule has 0 saturated carbocycles. The molecule has 19 heavy (non-hydrogen) atoms. The first-order valence-corrected chi connectivity index (χ1v) is 7.07. The van der Waals surface area contributed by atoms with E-state index in [0.717, 1.165) is 28.8 Å². The zero-order chi connectivity index (χ0) is 13.8. The summed E-state index contributed by atoms with van der Waals surface area (Å²) in [7, 11) is 0. The maximum absolute atomic E-state index is 13.7. The maximum Gasteiger partial charge on any atom is 0.128 e. The summed E-state index contributed by atoms with van der Waals surface area (Å²) in [5.41, 5.74) is 2.76. The van der Waals surface area contributed by atoms with E-state index in [-0.39, 0.29) is 5.82 Å². The van der Waals surface area contributed by atoms with Crippen molar-refractivity contribution in [1.29, 1.82) is 0 Å². The molecular weight excluding hydrogens is 309 g/mol. The van der Waals surface area contributed by atoms with Gasteiger partial charge in [-0.2, -0.15) is 5.10 Å². The Morgan fingerprint density at radius 3 is 2.89 bits per heavy atom. The smallest absolute Gasteiger partial charge is 0.128 e. The quantitative estimate of drug-likeness (QED) is 0.914. The van der Waals surface area contributed by atoms with Crippen molar-refractivity contribution in [2.75, 3.05) is 6.54 Å². The zero-order valence-corrected chi connectivity index (χ0v) is 12.7. The molecule has 0 bridgehead atoms. The first kappa shape index (κ1) is 14.2. The van der Waals surface area contributed by atoms with Crippen molar-refractivity contribution >= 4 is 15.9 Å². The molecule has 3 nitrogen and oxygen atoms in total. The van der Waals surface area contributed by atoms with Crippen LogP contribution in [0.15, 0.2) is 28.9 Å². The summed E-state index contributed by atoms with van der Waals surface area (Å²) in [5.74, 6) is -0.204. The highest BCUT2D eigenvalue weighted by Crippen LogP contribution is 2.17. The summed E-state index contributed by atoms with van der Waals surface area (Å²) in [4.78, 5) is 0. The van der Waals surface area contributed by atoms with Crippen LogP contribution in [0, 0.1) is 12.7 Å². The zero-order valence-electron chi connectivity index (χ0n) is 11.1. The van der Waals surface area contributed by atoms with Crippen molar-refractivity contribution in [3.8, 4) is 0 Å². The summed E-state index contributed by atoms with van der Waals surface area (Å²) < 4.78 is 16.4. The average Bonchev–Trinajstić information content (AvgIpc) is 2.72. The Balaban J connectivity index is 2.17. The molecule has 0 radical (unpaired) electrons. The normalized spacial score (nSPS) is 10.9. The van der Waals surface area contributed by atoms with Gasteiger partial charge >= 0.3 is 0 Å². The van der Waals surface area contributed by atoms with E-state index in [2.05, 4.69) is 33.3 Å². The molecule has 0 aliphatic heterocycles. The van der Waals surface area contributed by atoms with Crippen molar-refractivity contribution in [3.05, 3.63) is 51.5 Å². The van der Waals surface area contributed by atoms with Crippen molar-refractivity contribution in [1.82, 2.24) is 15.1 Å². The van der Waals surface area contributed by atoms with Gasteiger partial charge in [-0.15, -0.1) is 0 Å². The Hall–Kier alpha value is -1.20. The minimum atomic E-state index is -0.204. The van der Waals surface area contributed by atoms with Crippen LogP contribution in [0.2, 0.25) is 0 Å². The largest absolute Gasteiger partial charge is 0.313 e. The first-order chi connectivity index (χ1) is 9.10. The molecule has 0 aliphatic carbocycles. The molecule has 0 atom stereocenters. The summed E-state index contributed by atoms with van der Waals surface area (Å²) >= 11 is 3.36. The third kappa shape index (κ3) is 3.64. The molecule has 102 valence electrons. The van der Waals surface area contributed by atoms with Crippen molar-refractivity contribution in [2.24, 2.45) is 0 Å². The van der Waals surface area contributed by atoms with E-state index in [1.54, 1.807) is 16.8 Å². The number of halogens is 2. The van der Waals surface area contributed by atoms with Crippen LogP contribution in [-0.4, -0.2) is 16.3 Å². The maximum atomic E-state index is 13.7. The number of aromatic nitrogens is 2. The molecule has 1 N–H and O–H groups in total. The molecule has 2 rings (SSSR count). The van der Waals surface area contributed by atoms with Gasteiger partial charge in [0.2, 0.25) is 0 Å². The highest BCUT2D eigenvalue weighted by Gasteiger charge is 2.08. The second-order valence-electron chi connectivity index (χ2n) is 4.45. The number of aryl methyl sites for hydroxylation is 1. The van der Waals surface area contributed by atoms with Crippen LogP contribution in [0.1, 0.15) is 23.7 Å². The van der Waals surface area contributed by atoms with Gasteiger partial charge in [0.15, 0.2) is 0 Å². The molecule has 1 aromatic heterocycles. The highest BCUT2D eigenvalue weighted by atomic mass is 79.9. The molecule has 1 heterocycles. The first-order valence-electron chi connectivity index (χ1n) is 6.27. The Labute approximate surface area is 121 Å². The molecule has 0 saturated heterocycles. The number of hydrogen-bond donors (Lipinski definition) is 1. The van der Waals surface area contributed by atoms with E-state index in [4.69, 9.17) is 0 Å². The number of nitrogens with one attached hydrogen (secondary N) is 1. The Morgan fingerprint density at radius 1 is 1.37 bits per heavy atom. The molecule has 2 aromatic rings. The molecule has 0 amide bonds. The van der Waals surface area contributed by atoms with Gasteiger partial charge in [-0.3, -0.25) is 4.68 Å². The average molecular weight is 326 g/mol. The predicted octanol–water partition coefficient (Wildman–Crippen LogP) is 3.25. The third-order valence-corrected chi connectivity index (χ3v) is 3.45. The monoisotopic (exact) mass is 325 g/mol. The van der Waals surface area contributed by atoms with Gasteiger partial charge in [-0.25, -0.2) is 4.39 Å². The minimum Gasteiger partial charge on any atom is -0.313 e. The van der Waals surface area contributed by atoms with Crippen molar-refractivity contribution < 1.29 is 4.39 Å². The Bertz CT molecular complexity index is 566. The predicted molar refractivity (Wildman–Crippen MR) is 77.5 cm³/mol. The second-order valence-corrected chi connectivity index (χ2v) is 5.37. The number of benzene rings is 1. The summed E-state index contributed by atoms with van der Waals surface area (Å²) in [6.45, 7) is 6.20. The molecule has 0 unspecified atom stereocenters. The van der Waals surface area contributed by atoms with Crippen LogP contribution in [0.25, 0.3) is 0 Å². The molecular formula is C14H17BrFN3. The van der Waals surface area contributed by atoms with Gasteiger partial charge in [0.1, 0.15) is 5.82 Å². The summed E-state index contributed by atoms with van der Waals surface area (Å²) in [6, 6.07) is 4.95. The van der Waals surface area contributed by atoms with E-state index in [0.29, 0.717) is 12.1 Å². The fraction of sp³-hybridized carbons (Fsp3) is 0.357. The number of rotatable bonds is 5. The Kier molecular flexibility index (Phi) is 4.71. The topological polar surface area (TPSA) is 29.9 Å². The Morgan fingerprint density at radius 2 is 2.16 bits per heavy atom. The van der Waals surface area contributed by atoms with E-state index in [1.807, 2.05) is 13.1 Å². The molecule has 0 spiro atoms. The standard InChI is InChI=1S/C14H17BrFN3/c1-3-17-7-12-9-19(18-10(12)2)8-11-6-13(15)4-5-14(11)16/h4-6,9,17H,3,7-8H2,1-2H3. The molecule has 1 aromatic carbocycles. The van der Waals surface area contributed by atoms with Crippen LogP contribution in [0.5, 0.6) is 0 Å². The molecule has 0 aliphatic rings. The van der Waals surface area contributed by atoms with E-state index < -0.39 is 0 Å². The minimum absolute atomic E-state index is 0.204. The second kappa shape index (κ2) is 6.30. The van der Waals surface area contributed by atoms with Crippen LogP contribution < -0.4 is 5.32 Å². The van der Waals surface area contributed by atoms with Gasteiger partial charge in [0.25, 0.3) is 0 Å². The molecule has 5 heteroatoms. The van der Waals surface area contributed by atoms with E-state index in [1.165, 1.54) is 6.07 Å². The fourth-order valence-corrected chi connectivity index (χ4v) is 2.32. The van der Waals surface area contributed by atoms with Gasteiger partial charge in [-0.05, 0) is 31.7 Å². The van der Waals surface area contributed by atoms with E-state index >= 15 is 0 Å². The van der Waals surface area contributed by atoms with Gasteiger partial charge in [0.05, 0.1) is 12.2 Å². The van der Waals surface area contributed by atoms with Gasteiger partial charge in [0, 0.05) is 28.3 Å². The SMILES string of the molecule is CCNCc1cn(Cc2cc(Br)ccc2F)nc1C. The lowest BCUT2D eigenvalue weighted by Crippen LogP contribution is -2.11. The lowest BCUT2D eigenvalue weighted by Gasteiger charge is -2.04. The summed E-state index contributed by atoms with van der Waals surface area (Å²) in [5, 5.41) is 7.69. The van der Waals surface area contributed by atoms with Crippen molar-refractivity contribution in [2.45, 2.75) is 26.9 Å². The van der Waals surface area contributed by atoms with Gasteiger partial charge in [-0.1, -0.05) is 22.9 Å². The van der Waals surface area contributed by atoms with E-state index in [9.17, 15) is 4.39 Å². The van der Waals surface area contributed by atoms with Crippen LogP contribution in [0.4, 0.5) is 4.39 Å². The summed E-state index contributed by atoms with van der Waals surface area (Å²) in [6.07, 6.45) is 1.97. The van der Waals surface area contributed by atoms with Gasteiger partial charge < -0.3 is 5.32 Å². The number of hydrogen-bond acceptors (Lipinski definition) is 2. The fourth-order valence-electron chi connectivity index (χ4n) is 1.91. The van der Waals surface area contributed by atoms with Crippen LogP contribution in [0.3, 0.4) is 0 Å². The van der Waals surface area contributed by atoms with Crippen LogP contribution >= 0.6 is 15.9 Å². The highest BCUT2D eigenvalue weighted by molar-refractivity contribution is 9.10.